The van der Waals surface area contributed by atoms with Gasteiger partial charge in [0.1, 0.15) is 6.54 Å². The standard InChI is InChI=1S/C22H24ClN3O2/c1-4-22(2,3)25-21(28)16-6-9-18(10-7-16)24-20(27)14-26-12-11-15-5-8-17(23)13-19(15)26/h5-13H,4,14H2,1-3H3,(H,24,27)(H,25,28). The van der Waals surface area contributed by atoms with E-state index in [0.29, 0.717) is 16.3 Å². The number of hydrogen-bond donors (Lipinski definition) is 2. The molecule has 2 amide bonds. The minimum absolute atomic E-state index is 0.125. The summed E-state index contributed by atoms with van der Waals surface area (Å²) in [7, 11) is 0. The molecule has 0 unspecified atom stereocenters. The predicted octanol–water partition coefficient (Wildman–Crippen LogP) is 4.85. The van der Waals surface area contributed by atoms with E-state index in [1.807, 2.05) is 55.8 Å². The number of nitrogens with zero attached hydrogens (tertiary/aromatic N) is 1. The number of hydrogen-bond acceptors (Lipinski definition) is 2. The van der Waals surface area contributed by atoms with Gasteiger partial charge in [0.05, 0.1) is 0 Å². The van der Waals surface area contributed by atoms with Crippen LogP contribution in [0.4, 0.5) is 5.69 Å². The van der Waals surface area contributed by atoms with Gasteiger partial charge in [0, 0.05) is 33.5 Å². The number of rotatable bonds is 6. The van der Waals surface area contributed by atoms with E-state index in [1.54, 1.807) is 24.3 Å². The van der Waals surface area contributed by atoms with Crippen LogP contribution in [0.25, 0.3) is 10.9 Å². The smallest absolute Gasteiger partial charge is 0.251 e. The summed E-state index contributed by atoms with van der Waals surface area (Å²) in [6.07, 6.45) is 2.70. The average molecular weight is 398 g/mol. The maximum Gasteiger partial charge on any atom is 0.251 e. The van der Waals surface area contributed by atoms with E-state index >= 15 is 0 Å². The first kappa shape index (κ1) is 20.0. The van der Waals surface area contributed by atoms with Crippen LogP contribution in [0, 0.1) is 0 Å². The van der Waals surface area contributed by atoms with Gasteiger partial charge in [-0.25, -0.2) is 0 Å². The second kappa shape index (κ2) is 8.07. The summed E-state index contributed by atoms with van der Waals surface area (Å²) in [5, 5.41) is 7.52. The van der Waals surface area contributed by atoms with Crippen molar-refractivity contribution in [3.05, 3.63) is 65.3 Å². The monoisotopic (exact) mass is 397 g/mol. The third kappa shape index (κ3) is 4.73. The second-order valence-electron chi connectivity index (χ2n) is 7.46. The van der Waals surface area contributed by atoms with Gasteiger partial charge in [0.25, 0.3) is 5.91 Å². The van der Waals surface area contributed by atoms with E-state index in [9.17, 15) is 9.59 Å². The van der Waals surface area contributed by atoms with E-state index in [0.717, 1.165) is 17.3 Å². The lowest BCUT2D eigenvalue weighted by molar-refractivity contribution is -0.116. The number of fused-ring (bicyclic) bond motifs is 1. The fraction of sp³-hybridized carbons (Fsp3) is 0.273. The largest absolute Gasteiger partial charge is 0.347 e. The molecule has 3 aromatic rings. The molecule has 0 aliphatic heterocycles. The molecule has 0 fully saturated rings. The Morgan fingerprint density at radius 1 is 1.07 bits per heavy atom. The number of nitrogens with one attached hydrogen (secondary N) is 2. The summed E-state index contributed by atoms with van der Waals surface area (Å²) < 4.78 is 1.85. The van der Waals surface area contributed by atoms with Crippen molar-refractivity contribution in [2.24, 2.45) is 0 Å². The van der Waals surface area contributed by atoms with Gasteiger partial charge in [-0.2, -0.15) is 0 Å². The zero-order chi connectivity index (χ0) is 20.3. The second-order valence-corrected chi connectivity index (χ2v) is 7.90. The number of amides is 2. The molecule has 0 aliphatic carbocycles. The molecule has 1 heterocycles. The maximum atomic E-state index is 12.4. The number of anilines is 1. The van der Waals surface area contributed by atoms with Gasteiger partial charge < -0.3 is 15.2 Å². The van der Waals surface area contributed by atoms with Crippen molar-refractivity contribution in [1.82, 2.24) is 9.88 Å². The van der Waals surface area contributed by atoms with E-state index in [1.165, 1.54) is 0 Å². The van der Waals surface area contributed by atoms with Crippen LogP contribution in [0.3, 0.4) is 0 Å². The highest BCUT2D eigenvalue weighted by atomic mass is 35.5. The van der Waals surface area contributed by atoms with Crippen molar-refractivity contribution >= 4 is 40.0 Å². The lowest BCUT2D eigenvalue weighted by Crippen LogP contribution is -2.42. The Labute approximate surface area is 169 Å². The Kier molecular flexibility index (Phi) is 5.75. The lowest BCUT2D eigenvalue weighted by atomic mass is 10.0. The first-order chi connectivity index (χ1) is 13.3. The van der Waals surface area contributed by atoms with Gasteiger partial charge in [-0.05, 0) is 68.1 Å². The molecule has 0 saturated carbocycles. The van der Waals surface area contributed by atoms with Crippen molar-refractivity contribution < 1.29 is 9.59 Å². The van der Waals surface area contributed by atoms with E-state index in [2.05, 4.69) is 10.6 Å². The van der Waals surface area contributed by atoms with Gasteiger partial charge in [0.2, 0.25) is 5.91 Å². The van der Waals surface area contributed by atoms with Crippen molar-refractivity contribution in [2.75, 3.05) is 5.32 Å². The maximum absolute atomic E-state index is 12.4. The van der Waals surface area contributed by atoms with Crippen LogP contribution in [-0.2, 0) is 11.3 Å². The third-order valence-corrected chi connectivity index (χ3v) is 5.05. The van der Waals surface area contributed by atoms with Crippen molar-refractivity contribution in [3.63, 3.8) is 0 Å². The molecule has 5 nitrogen and oxygen atoms in total. The highest BCUT2D eigenvalue weighted by Gasteiger charge is 2.18. The molecule has 0 atom stereocenters. The molecular formula is C22H24ClN3O2. The van der Waals surface area contributed by atoms with Crippen LogP contribution >= 0.6 is 11.6 Å². The number of carbonyl (C=O) groups excluding carboxylic acids is 2. The summed E-state index contributed by atoms with van der Waals surface area (Å²) in [5.74, 6) is -0.276. The summed E-state index contributed by atoms with van der Waals surface area (Å²) in [5.41, 5.74) is 1.86. The zero-order valence-corrected chi connectivity index (χ0v) is 17.0. The summed E-state index contributed by atoms with van der Waals surface area (Å²) in [6, 6.07) is 14.4. The van der Waals surface area contributed by atoms with Crippen molar-refractivity contribution in [1.29, 1.82) is 0 Å². The van der Waals surface area contributed by atoms with Gasteiger partial charge >= 0.3 is 0 Å². The lowest BCUT2D eigenvalue weighted by Gasteiger charge is -2.24. The van der Waals surface area contributed by atoms with Crippen LogP contribution in [-0.4, -0.2) is 21.9 Å². The first-order valence-corrected chi connectivity index (χ1v) is 9.62. The summed E-state index contributed by atoms with van der Waals surface area (Å²) in [4.78, 5) is 24.7. The average Bonchev–Trinajstić information content (AvgIpc) is 3.03. The number of aromatic nitrogens is 1. The van der Waals surface area contributed by atoms with Gasteiger partial charge in [0.15, 0.2) is 0 Å². The van der Waals surface area contributed by atoms with Crippen LogP contribution in [0.1, 0.15) is 37.6 Å². The molecule has 0 saturated heterocycles. The normalized spacial score (nSPS) is 11.4. The highest BCUT2D eigenvalue weighted by molar-refractivity contribution is 6.31. The summed E-state index contributed by atoms with van der Waals surface area (Å²) in [6.45, 7) is 6.17. The minimum Gasteiger partial charge on any atom is -0.347 e. The number of halogens is 1. The molecule has 3 rings (SSSR count). The van der Waals surface area contributed by atoms with Crippen LogP contribution in [0.5, 0.6) is 0 Å². The van der Waals surface area contributed by atoms with Gasteiger partial charge in [-0.3, -0.25) is 9.59 Å². The molecule has 2 aromatic carbocycles. The molecule has 0 aliphatic rings. The SMILES string of the molecule is CCC(C)(C)NC(=O)c1ccc(NC(=O)Cn2ccc3ccc(Cl)cc32)cc1. The quantitative estimate of drug-likeness (QED) is 0.624. The summed E-state index contributed by atoms with van der Waals surface area (Å²) >= 11 is 6.06. The molecule has 0 bridgehead atoms. The van der Waals surface area contributed by atoms with Crippen LogP contribution < -0.4 is 10.6 Å². The fourth-order valence-electron chi connectivity index (χ4n) is 2.82. The Hall–Kier alpha value is -2.79. The first-order valence-electron chi connectivity index (χ1n) is 9.24. The number of benzene rings is 2. The molecule has 146 valence electrons. The van der Waals surface area contributed by atoms with Gasteiger partial charge in [-0.1, -0.05) is 24.6 Å². The highest BCUT2D eigenvalue weighted by Crippen LogP contribution is 2.20. The number of carbonyl (C=O) groups is 2. The molecule has 1 aromatic heterocycles. The van der Waals surface area contributed by atoms with Crippen molar-refractivity contribution in [3.8, 4) is 0 Å². The molecular weight excluding hydrogens is 374 g/mol. The molecule has 0 spiro atoms. The predicted molar refractivity (Wildman–Crippen MR) is 114 cm³/mol. The Morgan fingerprint density at radius 2 is 1.79 bits per heavy atom. The molecule has 2 N–H and O–H groups in total. The topological polar surface area (TPSA) is 63.1 Å². The Bertz CT molecular complexity index is 1010. The Morgan fingerprint density at radius 3 is 2.46 bits per heavy atom. The molecule has 0 radical (unpaired) electrons. The van der Waals surface area contributed by atoms with E-state index < -0.39 is 0 Å². The van der Waals surface area contributed by atoms with Crippen LogP contribution in [0.15, 0.2) is 54.7 Å². The van der Waals surface area contributed by atoms with Crippen molar-refractivity contribution in [2.45, 2.75) is 39.3 Å². The van der Waals surface area contributed by atoms with E-state index in [4.69, 9.17) is 11.6 Å². The molecule has 6 heteroatoms. The third-order valence-electron chi connectivity index (χ3n) is 4.82. The zero-order valence-electron chi connectivity index (χ0n) is 16.3. The van der Waals surface area contributed by atoms with E-state index in [-0.39, 0.29) is 23.9 Å². The minimum atomic E-state index is -0.258. The fourth-order valence-corrected chi connectivity index (χ4v) is 2.99. The molecule has 28 heavy (non-hydrogen) atoms. The van der Waals surface area contributed by atoms with Gasteiger partial charge in [-0.15, -0.1) is 0 Å². The van der Waals surface area contributed by atoms with Crippen LogP contribution in [0.2, 0.25) is 5.02 Å². The Balaban J connectivity index is 1.64.